The minimum Gasteiger partial charge on any atom is -0.508 e. The summed E-state index contributed by atoms with van der Waals surface area (Å²) in [6, 6.07) is 13.5. The maximum Gasteiger partial charge on any atom is 0.308 e. The number of fused-ring (bicyclic) bond motifs is 1. The summed E-state index contributed by atoms with van der Waals surface area (Å²) in [6.07, 6.45) is 6.94. The number of benzene rings is 2. The van der Waals surface area contributed by atoms with Crippen molar-refractivity contribution in [3.8, 4) is 11.7 Å². The molecule has 2 heterocycles. The van der Waals surface area contributed by atoms with Gasteiger partial charge in [0.2, 0.25) is 5.91 Å². The molecular weight excluding hydrogens is 470 g/mol. The van der Waals surface area contributed by atoms with Crippen molar-refractivity contribution >= 4 is 22.6 Å². The van der Waals surface area contributed by atoms with Gasteiger partial charge < -0.3 is 24.6 Å². The molecule has 1 fully saturated rings. The molecule has 37 heavy (non-hydrogen) atoms. The molecule has 8 heteroatoms. The van der Waals surface area contributed by atoms with E-state index in [1.54, 1.807) is 6.08 Å². The maximum atomic E-state index is 12.3. The molecule has 194 valence electrons. The van der Waals surface area contributed by atoms with E-state index in [4.69, 9.17) is 9.25 Å². The van der Waals surface area contributed by atoms with Crippen molar-refractivity contribution in [3.05, 3.63) is 88.6 Å². The van der Waals surface area contributed by atoms with Gasteiger partial charge in [-0.05, 0) is 43.0 Å². The number of carbonyl (C=O) groups excluding carboxylic acids is 1. The number of hydrogen-bond donors (Lipinski definition) is 3. The third kappa shape index (κ3) is 6.80. The molecule has 3 N–H and O–H groups in total. The van der Waals surface area contributed by atoms with E-state index in [0.29, 0.717) is 18.4 Å². The highest BCUT2D eigenvalue weighted by Gasteiger charge is 2.18. The fourth-order valence-corrected chi connectivity index (χ4v) is 4.38. The van der Waals surface area contributed by atoms with E-state index >= 15 is 0 Å². The van der Waals surface area contributed by atoms with Crippen molar-refractivity contribution in [1.29, 1.82) is 0 Å². The molecule has 0 radical (unpaired) electrons. The smallest absolute Gasteiger partial charge is 0.308 e. The van der Waals surface area contributed by atoms with Crippen molar-refractivity contribution in [2.75, 3.05) is 18.0 Å². The number of phenolic OH excluding ortho intramolecular Hbond substituents is 1. The molecule has 1 atom stereocenters. The van der Waals surface area contributed by atoms with Crippen LogP contribution in [0.3, 0.4) is 0 Å². The lowest BCUT2D eigenvalue weighted by Crippen LogP contribution is -2.34. The highest BCUT2D eigenvalue weighted by atomic mass is 16.7. The SMILES string of the molecule is C=CC(C=C1CCN(c2ccccc2CNC(=O)CCC)CC1)NOc1cc(=O)c2ccc(O)cc2o1. The molecule has 0 spiro atoms. The normalized spacial score (nSPS) is 14.3. The first-order chi connectivity index (χ1) is 18.0. The topological polar surface area (TPSA) is 104 Å². The predicted molar refractivity (Wildman–Crippen MR) is 145 cm³/mol. The number of nitrogens with one attached hydrogen (secondary N) is 2. The van der Waals surface area contributed by atoms with Gasteiger partial charge in [-0.2, -0.15) is 0 Å². The highest BCUT2D eigenvalue weighted by Crippen LogP contribution is 2.27. The molecule has 1 aliphatic heterocycles. The quantitative estimate of drug-likeness (QED) is 0.275. The Kier molecular flexibility index (Phi) is 8.64. The second-order valence-electron chi connectivity index (χ2n) is 9.06. The second-order valence-corrected chi connectivity index (χ2v) is 9.06. The van der Waals surface area contributed by atoms with Crippen LogP contribution in [0.5, 0.6) is 11.7 Å². The Morgan fingerprint density at radius 2 is 2.00 bits per heavy atom. The van der Waals surface area contributed by atoms with E-state index in [2.05, 4.69) is 40.5 Å². The van der Waals surface area contributed by atoms with Crippen LogP contribution in [-0.4, -0.2) is 30.1 Å². The van der Waals surface area contributed by atoms with Gasteiger partial charge in [-0.1, -0.05) is 42.8 Å². The second kappa shape index (κ2) is 12.3. The van der Waals surface area contributed by atoms with Crippen LogP contribution in [0.2, 0.25) is 0 Å². The fourth-order valence-electron chi connectivity index (χ4n) is 4.38. The number of aromatic hydroxyl groups is 1. The molecule has 1 aromatic heterocycles. The van der Waals surface area contributed by atoms with Gasteiger partial charge in [0.15, 0.2) is 5.43 Å². The first-order valence-corrected chi connectivity index (χ1v) is 12.6. The Morgan fingerprint density at radius 3 is 2.76 bits per heavy atom. The van der Waals surface area contributed by atoms with E-state index in [-0.39, 0.29) is 34.7 Å². The minimum absolute atomic E-state index is 0.00433. The molecule has 1 aliphatic rings. The molecule has 3 aromatic rings. The summed E-state index contributed by atoms with van der Waals surface area (Å²) in [5.74, 6) is 0.0861. The van der Waals surface area contributed by atoms with Gasteiger partial charge in [0.1, 0.15) is 11.3 Å². The minimum atomic E-state index is -0.284. The molecule has 1 saturated heterocycles. The summed E-state index contributed by atoms with van der Waals surface area (Å²) in [5, 5.41) is 13.0. The van der Waals surface area contributed by atoms with Crippen LogP contribution in [0, 0.1) is 0 Å². The highest BCUT2D eigenvalue weighted by molar-refractivity contribution is 5.78. The number of piperidine rings is 1. The molecule has 1 unspecified atom stereocenters. The van der Waals surface area contributed by atoms with Crippen LogP contribution in [-0.2, 0) is 11.3 Å². The summed E-state index contributed by atoms with van der Waals surface area (Å²) in [5.41, 5.74) is 6.41. The Labute approximate surface area is 216 Å². The van der Waals surface area contributed by atoms with Gasteiger partial charge >= 0.3 is 5.95 Å². The number of hydrogen-bond acceptors (Lipinski definition) is 7. The van der Waals surface area contributed by atoms with E-state index in [1.165, 1.54) is 29.8 Å². The van der Waals surface area contributed by atoms with Gasteiger partial charge in [-0.15, -0.1) is 12.1 Å². The molecular formula is C29H33N3O5. The molecule has 2 aromatic carbocycles. The van der Waals surface area contributed by atoms with Gasteiger partial charge in [0.05, 0.1) is 17.5 Å². The van der Waals surface area contributed by atoms with Crippen LogP contribution in [0.25, 0.3) is 11.0 Å². The zero-order valence-electron chi connectivity index (χ0n) is 21.0. The van der Waals surface area contributed by atoms with Crippen molar-refractivity contribution in [2.45, 2.75) is 45.2 Å². The standard InChI is InChI=1S/C29H33N3O5/c1-3-7-28(35)30-19-21-8-5-6-9-25(21)32-14-12-20(13-15-32)16-22(4-2)31-37-29-18-26(34)24-11-10-23(33)17-27(24)36-29/h4-6,8-11,16-18,22,31,33H,2-3,7,12-15,19H2,1H3,(H,30,35). The van der Waals surface area contributed by atoms with Crippen molar-refractivity contribution in [3.63, 3.8) is 0 Å². The number of amides is 1. The maximum absolute atomic E-state index is 12.3. The van der Waals surface area contributed by atoms with Crippen LogP contribution in [0.4, 0.5) is 5.69 Å². The number of hydroxylamine groups is 1. The van der Waals surface area contributed by atoms with E-state index in [1.807, 2.05) is 19.1 Å². The molecule has 1 amide bonds. The van der Waals surface area contributed by atoms with Crippen molar-refractivity contribution in [1.82, 2.24) is 10.8 Å². The molecule has 0 bridgehead atoms. The number of carbonyl (C=O) groups is 1. The number of rotatable bonds is 10. The summed E-state index contributed by atoms with van der Waals surface area (Å²) in [7, 11) is 0. The molecule has 4 rings (SSSR count). The first-order valence-electron chi connectivity index (χ1n) is 12.6. The third-order valence-corrected chi connectivity index (χ3v) is 6.35. The van der Waals surface area contributed by atoms with Crippen LogP contribution < -0.4 is 26.0 Å². The third-order valence-electron chi connectivity index (χ3n) is 6.35. The zero-order chi connectivity index (χ0) is 26.2. The average molecular weight is 504 g/mol. The van der Waals surface area contributed by atoms with E-state index in [0.717, 1.165) is 43.6 Å². The van der Waals surface area contributed by atoms with Crippen molar-refractivity contribution in [2.24, 2.45) is 0 Å². The molecule has 8 nitrogen and oxygen atoms in total. The van der Waals surface area contributed by atoms with Gasteiger partial charge in [-0.25, -0.2) is 0 Å². The Hall–Kier alpha value is -4.04. The van der Waals surface area contributed by atoms with E-state index < -0.39 is 0 Å². The monoisotopic (exact) mass is 503 g/mol. The lowest BCUT2D eigenvalue weighted by molar-refractivity contribution is -0.121. The predicted octanol–water partition coefficient (Wildman–Crippen LogP) is 4.58. The summed E-state index contributed by atoms with van der Waals surface area (Å²) in [6.45, 7) is 8.13. The Balaban J connectivity index is 1.35. The van der Waals surface area contributed by atoms with Crippen LogP contribution in [0.15, 0.2) is 82.0 Å². The fraction of sp³-hybridized carbons (Fsp3) is 0.310. The summed E-state index contributed by atoms with van der Waals surface area (Å²) < 4.78 is 5.60. The van der Waals surface area contributed by atoms with E-state index in [9.17, 15) is 14.7 Å². The summed E-state index contributed by atoms with van der Waals surface area (Å²) in [4.78, 5) is 32.1. The largest absolute Gasteiger partial charge is 0.508 e. The molecule has 0 aliphatic carbocycles. The van der Waals surface area contributed by atoms with Gasteiger partial charge in [-0.3, -0.25) is 9.59 Å². The number of para-hydroxylation sites is 1. The summed E-state index contributed by atoms with van der Waals surface area (Å²) >= 11 is 0. The van der Waals surface area contributed by atoms with Gasteiger partial charge in [0, 0.05) is 37.8 Å². The lowest BCUT2D eigenvalue weighted by Gasteiger charge is -2.32. The number of anilines is 1. The van der Waals surface area contributed by atoms with Crippen LogP contribution >= 0.6 is 0 Å². The Bertz CT molecular complexity index is 1340. The lowest BCUT2D eigenvalue weighted by atomic mass is 10.00. The molecule has 0 saturated carbocycles. The van der Waals surface area contributed by atoms with Crippen molar-refractivity contribution < 1.29 is 19.2 Å². The van der Waals surface area contributed by atoms with Gasteiger partial charge in [0.25, 0.3) is 0 Å². The zero-order valence-corrected chi connectivity index (χ0v) is 21.0. The number of nitrogens with zero attached hydrogens (tertiary/aromatic N) is 1. The average Bonchev–Trinajstić information content (AvgIpc) is 2.90. The Morgan fingerprint density at radius 1 is 1.22 bits per heavy atom. The van der Waals surface area contributed by atoms with Crippen LogP contribution in [0.1, 0.15) is 38.2 Å². The first kappa shape index (κ1) is 26.0. The number of phenols is 1.